The van der Waals surface area contributed by atoms with Gasteiger partial charge in [-0.25, -0.2) is 4.39 Å². The second-order valence-electron chi connectivity index (χ2n) is 4.81. The maximum absolute atomic E-state index is 13.6. The van der Waals surface area contributed by atoms with Gasteiger partial charge in [0, 0.05) is 26.3 Å². The number of nitrogen functional groups attached to an aromatic ring is 1. The Bertz CT molecular complexity index is 441. The highest BCUT2D eigenvalue weighted by molar-refractivity contribution is 9.10. The van der Waals surface area contributed by atoms with E-state index < -0.39 is 0 Å². The van der Waals surface area contributed by atoms with Gasteiger partial charge in [0.25, 0.3) is 0 Å². The minimum Gasteiger partial charge on any atom is -0.397 e. The van der Waals surface area contributed by atoms with Crippen LogP contribution in [0.3, 0.4) is 0 Å². The predicted octanol–water partition coefficient (Wildman–Crippen LogP) is 3.03. The molecule has 1 aliphatic rings. The molecule has 0 saturated carbocycles. The number of anilines is 2. The molecular formula is C13H18BrFN2O. The van der Waals surface area contributed by atoms with Crippen LogP contribution in [0.4, 0.5) is 15.8 Å². The molecule has 1 saturated heterocycles. The Morgan fingerprint density at radius 2 is 2.22 bits per heavy atom. The molecule has 1 fully saturated rings. The standard InChI is InChI=1S/C13H18BrFN2O/c1-8-3-4-17(7-13(8)18-2)12-6-10(15)9(14)5-11(12)16/h5-6,8,13H,3-4,7,16H2,1-2H3. The molecule has 0 aliphatic carbocycles. The Hall–Kier alpha value is -0.810. The van der Waals surface area contributed by atoms with Crippen molar-refractivity contribution < 1.29 is 9.13 Å². The van der Waals surface area contributed by atoms with Crippen LogP contribution in [-0.4, -0.2) is 26.3 Å². The monoisotopic (exact) mass is 316 g/mol. The second-order valence-corrected chi connectivity index (χ2v) is 5.67. The molecule has 18 heavy (non-hydrogen) atoms. The van der Waals surface area contributed by atoms with E-state index >= 15 is 0 Å². The summed E-state index contributed by atoms with van der Waals surface area (Å²) < 4.78 is 19.5. The molecule has 2 rings (SSSR count). The van der Waals surface area contributed by atoms with Crippen molar-refractivity contribution in [3.63, 3.8) is 0 Å². The molecule has 3 nitrogen and oxygen atoms in total. The van der Waals surface area contributed by atoms with E-state index in [0.717, 1.165) is 25.2 Å². The molecule has 1 heterocycles. The fourth-order valence-electron chi connectivity index (χ4n) is 2.39. The zero-order valence-electron chi connectivity index (χ0n) is 10.6. The van der Waals surface area contributed by atoms with Gasteiger partial charge in [0.1, 0.15) is 5.82 Å². The minimum atomic E-state index is -0.285. The molecule has 100 valence electrons. The molecule has 0 aromatic heterocycles. The summed E-state index contributed by atoms with van der Waals surface area (Å²) in [7, 11) is 1.72. The number of benzene rings is 1. The maximum Gasteiger partial charge on any atom is 0.139 e. The quantitative estimate of drug-likeness (QED) is 0.852. The minimum absolute atomic E-state index is 0.171. The molecule has 2 unspecified atom stereocenters. The number of hydrogen-bond donors (Lipinski definition) is 1. The smallest absolute Gasteiger partial charge is 0.139 e. The first-order valence-corrected chi connectivity index (χ1v) is 6.84. The Balaban J connectivity index is 2.24. The third-order valence-corrected chi connectivity index (χ3v) is 4.21. The topological polar surface area (TPSA) is 38.5 Å². The summed E-state index contributed by atoms with van der Waals surface area (Å²) in [5.74, 6) is 0.236. The largest absolute Gasteiger partial charge is 0.397 e. The van der Waals surface area contributed by atoms with E-state index in [1.807, 2.05) is 0 Å². The molecule has 5 heteroatoms. The molecule has 1 aliphatic heterocycles. The third kappa shape index (κ3) is 2.62. The number of nitrogens with zero attached hydrogens (tertiary/aromatic N) is 1. The molecule has 1 aromatic rings. The van der Waals surface area contributed by atoms with Crippen LogP contribution in [0, 0.1) is 11.7 Å². The SMILES string of the molecule is COC1CN(c2cc(F)c(Br)cc2N)CCC1C. The van der Waals surface area contributed by atoms with Crippen molar-refractivity contribution in [2.75, 3.05) is 30.8 Å². The molecule has 2 atom stereocenters. The highest BCUT2D eigenvalue weighted by Gasteiger charge is 2.27. The molecule has 0 spiro atoms. The van der Waals surface area contributed by atoms with Crippen LogP contribution in [0.5, 0.6) is 0 Å². The summed E-state index contributed by atoms with van der Waals surface area (Å²) in [4.78, 5) is 2.10. The first kappa shape index (κ1) is 13.6. The highest BCUT2D eigenvalue weighted by atomic mass is 79.9. The Kier molecular flexibility index (Phi) is 4.12. The zero-order chi connectivity index (χ0) is 13.3. The van der Waals surface area contributed by atoms with E-state index in [1.54, 1.807) is 13.2 Å². The van der Waals surface area contributed by atoms with E-state index in [-0.39, 0.29) is 11.9 Å². The number of methoxy groups -OCH3 is 1. The lowest BCUT2D eigenvalue weighted by Crippen LogP contribution is -2.44. The van der Waals surface area contributed by atoms with Crippen LogP contribution in [0.2, 0.25) is 0 Å². The van der Waals surface area contributed by atoms with Crippen LogP contribution >= 0.6 is 15.9 Å². The van der Waals surface area contributed by atoms with Crippen LogP contribution in [0.25, 0.3) is 0 Å². The van der Waals surface area contributed by atoms with E-state index in [4.69, 9.17) is 10.5 Å². The van der Waals surface area contributed by atoms with E-state index in [9.17, 15) is 4.39 Å². The number of nitrogens with two attached hydrogens (primary N) is 1. The summed E-state index contributed by atoms with van der Waals surface area (Å²) in [6.45, 7) is 3.81. The van der Waals surface area contributed by atoms with Gasteiger partial charge < -0.3 is 15.4 Å². The summed E-state index contributed by atoms with van der Waals surface area (Å²) in [6, 6.07) is 3.10. The van der Waals surface area contributed by atoms with Crippen LogP contribution in [0.15, 0.2) is 16.6 Å². The average molecular weight is 317 g/mol. The Morgan fingerprint density at radius 3 is 2.89 bits per heavy atom. The van der Waals surface area contributed by atoms with Crippen molar-refractivity contribution in [3.8, 4) is 0 Å². The van der Waals surface area contributed by atoms with Crippen LogP contribution in [-0.2, 0) is 4.74 Å². The maximum atomic E-state index is 13.6. The van der Waals surface area contributed by atoms with E-state index in [1.165, 1.54) is 6.07 Å². The van der Waals surface area contributed by atoms with E-state index in [2.05, 4.69) is 27.8 Å². The number of halogens is 2. The second kappa shape index (κ2) is 5.45. The third-order valence-electron chi connectivity index (χ3n) is 3.60. The lowest BCUT2D eigenvalue weighted by Gasteiger charge is -2.38. The fourth-order valence-corrected chi connectivity index (χ4v) is 2.75. The van der Waals surface area contributed by atoms with Crippen molar-refractivity contribution >= 4 is 27.3 Å². The van der Waals surface area contributed by atoms with Gasteiger partial charge in [-0.1, -0.05) is 6.92 Å². The molecule has 1 aromatic carbocycles. The van der Waals surface area contributed by atoms with Gasteiger partial charge in [0.15, 0.2) is 0 Å². The van der Waals surface area contributed by atoms with Gasteiger partial charge in [-0.15, -0.1) is 0 Å². The van der Waals surface area contributed by atoms with Crippen molar-refractivity contribution in [2.45, 2.75) is 19.4 Å². The van der Waals surface area contributed by atoms with Gasteiger partial charge in [0.2, 0.25) is 0 Å². The first-order chi connectivity index (χ1) is 8.52. The molecule has 0 bridgehead atoms. The summed E-state index contributed by atoms with van der Waals surface area (Å²) >= 11 is 3.14. The molecule has 0 radical (unpaired) electrons. The summed E-state index contributed by atoms with van der Waals surface area (Å²) in [5, 5.41) is 0. The lowest BCUT2D eigenvalue weighted by atomic mass is 9.95. The first-order valence-electron chi connectivity index (χ1n) is 6.05. The van der Waals surface area contributed by atoms with Crippen molar-refractivity contribution in [1.29, 1.82) is 0 Å². The number of rotatable bonds is 2. The van der Waals surface area contributed by atoms with Gasteiger partial charge >= 0.3 is 0 Å². The van der Waals surface area contributed by atoms with Crippen LogP contribution < -0.4 is 10.6 Å². The highest BCUT2D eigenvalue weighted by Crippen LogP contribution is 2.32. The number of piperidine rings is 1. The Morgan fingerprint density at radius 1 is 1.50 bits per heavy atom. The normalized spacial score (nSPS) is 24.3. The molecule has 0 amide bonds. The number of hydrogen-bond acceptors (Lipinski definition) is 3. The van der Waals surface area contributed by atoms with Crippen molar-refractivity contribution in [1.82, 2.24) is 0 Å². The molecule has 2 N–H and O–H groups in total. The average Bonchev–Trinajstić information content (AvgIpc) is 2.35. The number of ether oxygens (including phenoxy) is 1. The van der Waals surface area contributed by atoms with Gasteiger partial charge in [-0.3, -0.25) is 0 Å². The van der Waals surface area contributed by atoms with Crippen LogP contribution in [0.1, 0.15) is 13.3 Å². The van der Waals surface area contributed by atoms with Gasteiger partial charge in [-0.05, 0) is 34.3 Å². The molecular weight excluding hydrogens is 299 g/mol. The Labute approximate surface area is 115 Å². The van der Waals surface area contributed by atoms with E-state index in [0.29, 0.717) is 16.1 Å². The van der Waals surface area contributed by atoms with Gasteiger partial charge in [0.05, 0.1) is 22.0 Å². The summed E-state index contributed by atoms with van der Waals surface area (Å²) in [6.07, 6.45) is 1.19. The fraction of sp³-hybridized carbons (Fsp3) is 0.538. The van der Waals surface area contributed by atoms with Gasteiger partial charge in [-0.2, -0.15) is 0 Å². The predicted molar refractivity (Wildman–Crippen MR) is 75.3 cm³/mol. The van der Waals surface area contributed by atoms with Crippen molar-refractivity contribution in [2.24, 2.45) is 5.92 Å². The lowest BCUT2D eigenvalue weighted by molar-refractivity contribution is 0.0498. The zero-order valence-corrected chi connectivity index (χ0v) is 12.2. The van der Waals surface area contributed by atoms with Crippen molar-refractivity contribution in [3.05, 3.63) is 22.4 Å². The summed E-state index contributed by atoms with van der Waals surface area (Å²) in [5.41, 5.74) is 7.31.